The van der Waals surface area contributed by atoms with Gasteiger partial charge in [0.25, 0.3) is 0 Å². The van der Waals surface area contributed by atoms with Crippen LogP contribution in [0.5, 0.6) is 0 Å². The lowest BCUT2D eigenvalue weighted by atomic mass is 9.98. The molecule has 1 aromatic rings. The zero-order chi connectivity index (χ0) is 13.8. The van der Waals surface area contributed by atoms with Gasteiger partial charge in [-0.1, -0.05) is 24.3 Å². The van der Waals surface area contributed by atoms with Gasteiger partial charge in [-0.2, -0.15) is 12.6 Å². The molecule has 0 amide bonds. The molecule has 2 unspecified atom stereocenters. The first-order valence-electron chi connectivity index (χ1n) is 5.57. The molecule has 2 N–H and O–H groups in total. The summed E-state index contributed by atoms with van der Waals surface area (Å²) >= 11 is 3.99. The molecule has 102 valence electrons. The Kier molecular flexibility index (Phi) is 5.65. The fraction of sp³-hybridized carbons (Fsp3) is 0.500. The van der Waals surface area contributed by atoms with Crippen LogP contribution in [-0.4, -0.2) is 36.7 Å². The van der Waals surface area contributed by atoms with E-state index >= 15 is 0 Å². The van der Waals surface area contributed by atoms with Crippen molar-refractivity contribution in [1.29, 1.82) is 0 Å². The molecule has 1 rings (SSSR count). The van der Waals surface area contributed by atoms with Crippen molar-refractivity contribution in [1.82, 2.24) is 0 Å². The topological polar surface area (TPSA) is 74.6 Å². The molecule has 0 spiro atoms. The average molecular weight is 290 g/mol. The molecule has 0 bridgehead atoms. The van der Waals surface area contributed by atoms with Gasteiger partial charge in [-0.3, -0.25) is 0 Å². The Bertz CT molecular complexity index is 485. The van der Waals surface area contributed by atoms with E-state index in [0.29, 0.717) is 23.3 Å². The fourth-order valence-electron chi connectivity index (χ4n) is 1.73. The molecule has 6 heteroatoms. The summed E-state index contributed by atoms with van der Waals surface area (Å²) in [5, 5.41) is 19.8. The number of hydrogen-bond acceptors (Lipinski definition) is 5. The highest BCUT2D eigenvalue weighted by Crippen LogP contribution is 2.24. The first-order valence-corrected chi connectivity index (χ1v) is 8.27. The Labute approximate surface area is 113 Å². The highest BCUT2D eigenvalue weighted by molar-refractivity contribution is 7.89. The summed E-state index contributed by atoms with van der Waals surface area (Å²) in [6, 6.07) is 6.69. The highest BCUT2D eigenvalue weighted by atomic mass is 32.2. The van der Waals surface area contributed by atoms with Gasteiger partial charge in [0.05, 0.1) is 11.9 Å². The fourth-order valence-corrected chi connectivity index (χ4v) is 2.83. The van der Waals surface area contributed by atoms with Crippen molar-refractivity contribution < 1.29 is 18.6 Å². The van der Waals surface area contributed by atoms with Crippen molar-refractivity contribution in [2.75, 3.05) is 12.0 Å². The molecule has 0 aromatic heterocycles. The van der Waals surface area contributed by atoms with Crippen molar-refractivity contribution in [2.45, 2.75) is 24.4 Å². The Hall–Kier alpha value is -0.560. The number of hydrogen-bond donors (Lipinski definition) is 3. The molecule has 0 aliphatic rings. The van der Waals surface area contributed by atoms with Crippen LogP contribution >= 0.6 is 12.6 Å². The predicted molar refractivity (Wildman–Crippen MR) is 74.4 cm³/mol. The zero-order valence-electron chi connectivity index (χ0n) is 10.2. The van der Waals surface area contributed by atoms with Gasteiger partial charge in [-0.05, 0) is 23.3 Å². The van der Waals surface area contributed by atoms with Crippen LogP contribution in [0.1, 0.15) is 23.7 Å². The molecule has 0 fully saturated rings. The van der Waals surface area contributed by atoms with Crippen LogP contribution < -0.4 is 0 Å². The third kappa shape index (κ3) is 4.61. The SMILES string of the molecule is CS(=O)(=O)Cc1ccccc1C(O)C(O)CCS. The maximum Gasteiger partial charge on any atom is 0.151 e. The monoisotopic (exact) mass is 290 g/mol. The van der Waals surface area contributed by atoms with Crippen molar-refractivity contribution in [3.8, 4) is 0 Å². The molecular weight excluding hydrogens is 272 g/mol. The van der Waals surface area contributed by atoms with Gasteiger partial charge in [0.2, 0.25) is 0 Å². The van der Waals surface area contributed by atoms with Gasteiger partial charge in [-0.25, -0.2) is 8.42 Å². The molecule has 0 saturated carbocycles. The third-order valence-corrected chi connectivity index (χ3v) is 3.67. The number of aliphatic hydroxyl groups is 2. The maximum atomic E-state index is 11.3. The van der Waals surface area contributed by atoms with E-state index in [0.717, 1.165) is 6.26 Å². The quantitative estimate of drug-likeness (QED) is 0.682. The van der Waals surface area contributed by atoms with Crippen molar-refractivity contribution in [3.63, 3.8) is 0 Å². The van der Waals surface area contributed by atoms with Crippen molar-refractivity contribution in [2.24, 2.45) is 0 Å². The highest BCUT2D eigenvalue weighted by Gasteiger charge is 2.21. The largest absolute Gasteiger partial charge is 0.390 e. The summed E-state index contributed by atoms with van der Waals surface area (Å²) in [6.07, 6.45) is -0.545. The lowest BCUT2D eigenvalue weighted by molar-refractivity contribution is 0.0168. The molecule has 0 heterocycles. The number of thiol groups is 1. The van der Waals surface area contributed by atoms with Crippen molar-refractivity contribution in [3.05, 3.63) is 35.4 Å². The number of sulfone groups is 1. The van der Waals surface area contributed by atoms with E-state index in [9.17, 15) is 18.6 Å². The normalized spacial score (nSPS) is 15.3. The van der Waals surface area contributed by atoms with Crippen LogP contribution in [0.3, 0.4) is 0 Å². The molecule has 1 aromatic carbocycles. The van der Waals surface area contributed by atoms with Crippen LogP contribution in [0.15, 0.2) is 24.3 Å². The van der Waals surface area contributed by atoms with Crippen LogP contribution in [0, 0.1) is 0 Å². The van der Waals surface area contributed by atoms with Gasteiger partial charge < -0.3 is 10.2 Å². The summed E-state index contributed by atoms with van der Waals surface area (Å²) in [5.41, 5.74) is 0.975. The Morgan fingerprint density at radius 3 is 2.44 bits per heavy atom. The van der Waals surface area contributed by atoms with Crippen LogP contribution in [0.2, 0.25) is 0 Å². The van der Waals surface area contributed by atoms with E-state index in [1.54, 1.807) is 24.3 Å². The zero-order valence-corrected chi connectivity index (χ0v) is 11.9. The number of rotatable bonds is 6. The van der Waals surface area contributed by atoms with E-state index in [1.165, 1.54) is 0 Å². The molecule has 0 saturated heterocycles. The molecule has 0 radical (unpaired) electrons. The van der Waals surface area contributed by atoms with Gasteiger partial charge >= 0.3 is 0 Å². The lowest BCUT2D eigenvalue weighted by Crippen LogP contribution is -2.20. The summed E-state index contributed by atoms with van der Waals surface area (Å²) in [7, 11) is -3.18. The molecule has 0 aliphatic heterocycles. The van der Waals surface area contributed by atoms with Crippen LogP contribution in [0.4, 0.5) is 0 Å². The first kappa shape index (κ1) is 15.5. The van der Waals surface area contributed by atoms with E-state index in [2.05, 4.69) is 12.6 Å². The van der Waals surface area contributed by atoms with E-state index in [-0.39, 0.29) is 5.75 Å². The van der Waals surface area contributed by atoms with Gasteiger partial charge in [0.15, 0.2) is 9.84 Å². The van der Waals surface area contributed by atoms with E-state index in [1.807, 2.05) is 0 Å². The minimum Gasteiger partial charge on any atom is -0.390 e. The molecule has 4 nitrogen and oxygen atoms in total. The van der Waals surface area contributed by atoms with Crippen LogP contribution in [0.25, 0.3) is 0 Å². The van der Waals surface area contributed by atoms with E-state index in [4.69, 9.17) is 0 Å². The number of aliphatic hydroxyl groups excluding tert-OH is 2. The molecule has 18 heavy (non-hydrogen) atoms. The third-order valence-electron chi connectivity index (χ3n) is 2.58. The Morgan fingerprint density at radius 2 is 1.89 bits per heavy atom. The maximum absolute atomic E-state index is 11.3. The summed E-state index contributed by atoms with van der Waals surface area (Å²) in [5.74, 6) is 0.306. The summed E-state index contributed by atoms with van der Waals surface area (Å²) < 4.78 is 22.6. The van der Waals surface area contributed by atoms with E-state index < -0.39 is 22.0 Å². The van der Waals surface area contributed by atoms with Crippen molar-refractivity contribution >= 4 is 22.5 Å². The van der Waals surface area contributed by atoms with Gasteiger partial charge in [-0.15, -0.1) is 0 Å². The molecule has 2 atom stereocenters. The minimum atomic E-state index is -3.18. The Balaban J connectivity index is 3.01. The lowest BCUT2D eigenvalue weighted by Gasteiger charge is -2.20. The van der Waals surface area contributed by atoms with Gasteiger partial charge in [0.1, 0.15) is 6.10 Å². The second kappa shape index (κ2) is 6.56. The second-order valence-electron chi connectivity index (χ2n) is 4.29. The number of benzene rings is 1. The summed E-state index contributed by atoms with van der Waals surface area (Å²) in [4.78, 5) is 0. The first-order chi connectivity index (χ1) is 8.35. The standard InChI is InChI=1S/C12H18O4S2/c1-18(15,16)8-9-4-2-3-5-10(9)12(14)11(13)6-7-17/h2-5,11-14,17H,6-8H2,1H3. The summed E-state index contributed by atoms with van der Waals surface area (Å²) in [6.45, 7) is 0. The predicted octanol–water partition coefficient (Wildman–Crippen LogP) is 0.945. The van der Waals surface area contributed by atoms with Gasteiger partial charge in [0, 0.05) is 6.26 Å². The van der Waals surface area contributed by atoms with Crippen LogP contribution in [-0.2, 0) is 15.6 Å². The second-order valence-corrected chi connectivity index (χ2v) is 6.88. The minimum absolute atomic E-state index is 0.145. The average Bonchev–Trinajstić information content (AvgIpc) is 2.27. The smallest absolute Gasteiger partial charge is 0.151 e. The molecular formula is C12H18O4S2. The Morgan fingerprint density at radius 1 is 1.28 bits per heavy atom. The molecule has 0 aliphatic carbocycles.